The smallest absolute Gasteiger partial charge is 0.191 e. The second-order valence-electron chi connectivity index (χ2n) is 7.16. The summed E-state index contributed by atoms with van der Waals surface area (Å²) in [6.07, 6.45) is 3.12. The van der Waals surface area contributed by atoms with Gasteiger partial charge in [0, 0.05) is 12.6 Å². The van der Waals surface area contributed by atoms with Crippen LogP contribution in [0.25, 0.3) is 0 Å². The molecule has 25 heavy (non-hydrogen) atoms. The minimum Gasteiger partial charge on any atom is -0.356 e. The van der Waals surface area contributed by atoms with Crippen LogP contribution in [0.3, 0.4) is 0 Å². The van der Waals surface area contributed by atoms with Crippen LogP contribution in [0.1, 0.15) is 36.0 Å². The van der Waals surface area contributed by atoms with Crippen molar-refractivity contribution in [3.05, 3.63) is 34.9 Å². The van der Waals surface area contributed by atoms with Gasteiger partial charge in [-0.1, -0.05) is 23.8 Å². The number of aliphatic imine (C=N–C) groups is 1. The van der Waals surface area contributed by atoms with Crippen LogP contribution in [0.2, 0.25) is 0 Å². The van der Waals surface area contributed by atoms with Crippen molar-refractivity contribution in [2.75, 3.05) is 18.1 Å². The van der Waals surface area contributed by atoms with Gasteiger partial charge in [0.2, 0.25) is 0 Å². The molecule has 0 radical (unpaired) electrons. The van der Waals surface area contributed by atoms with Crippen LogP contribution >= 0.6 is 24.0 Å². The number of hydrogen-bond acceptors (Lipinski definition) is 3. The van der Waals surface area contributed by atoms with Crippen molar-refractivity contribution in [1.82, 2.24) is 10.6 Å². The van der Waals surface area contributed by atoms with Crippen LogP contribution < -0.4 is 10.6 Å². The summed E-state index contributed by atoms with van der Waals surface area (Å²) in [5.41, 5.74) is 3.74. The zero-order chi connectivity index (χ0) is 17.2. The molecule has 3 rings (SSSR count). The Morgan fingerprint density at radius 3 is 2.60 bits per heavy atom. The minimum atomic E-state index is -2.82. The molecule has 7 heteroatoms. The summed E-state index contributed by atoms with van der Waals surface area (Å²) < 4.78 is 23.2. The summed E-state index contributed by atoms with van der Waals surface area (Å²) in [4.78, 5) is 4.71. The average molecular weight is 477 g/mol. The van der Waals surface area contributed by atoms with Crippen LogP contribution in [0.15, 0.2) is 23.2 Å². The van der Waals surface area contributed by atoms with E-state index >= 15 is 0 Å². The Hall–Kier alpha value is -0.830. The first-order chi connectivity index (χ1) is 11.4. The number of benzene rings is 1. The Bertz CT molecular complexity index is 730. The van der Waals surface area contributed by atoms with Gasteiger partial charge in [0.15, 0.2) is 15.8 Å². The molecule has 1 aliphatic carbocycles. The van der Waals surface area contributed by atoms with E-state index in [2.05, 4.69) is 42.7 Å². The van der Waals surface area contributed by atoms with Gasteiger partial charge in [-0.05, 0) is 50.2 Å². The lowest BCUT2D eigenvalue weighted by Gasteiger charge is -2.15. The van der Waals surface area contributed by atoms with E-state index < -0.39 is 9.84 Å². The Balaban J connectivity index is 0.00000225. The van der Waals surface area contributed by atoms with Crippen LogP contribution in [0, 0.1) is 19.8 Å². The lowest BCUT2D eigenvalue weighted by molar-refractivity contribution is 0.566. The van der Waals surface area contributed by atoms with Gasteiger partial charge in [-0.2, -0.15) is 0 Å². The highest BCUT2D eigenvalue weighted by atomic mass is 127. The fraction of sp³-hybridized carbons (Fsp3) is 0.611. The Morgan fingerprint density at radius 2 is 2.00 bits per heavy atom. The molecule has 0 spiro atoms. The maximum absolute atomic E-state index is 11.6. The molecular weight excluding hydrogens is 449 g/mol. The largest absolute Gasteiger partial charge is 0.356 e. The molecule has 1 heterocycles. The summed E-state index contributed by atoms with van der Waals surface area (Å²) >= 11 is 0. The molecule has 1 saturated carbocycles. The third-order valence-electron chi connectivity index (χ3n) is 4.71. The molecule has 1 aromatic rings. The molecular formula is C18H28IN3O2S. The number of nitrogens with zero attached hydrogens (tertiary/aromatic N) is 1. The number of sulfone groups is 1. The molecule has 0 amide bonds. The van der Waals surface area contributed by atoms with Gasteiger partial charge in [-0.3, -0.25) is 0 Å². The second kappa shape index (κ2) is 8.70. The predicted octanol–water partition coefficient (Wildman–Crippen LogP) is 2.55. The third kappa shape index (κ3) is 6.44. The zero-order valence-electron chi connectivity index (χ0n) is 14.9. The van der Waals surface area contributed by atoms with Crippen LogP contribution in [-0.4, -0.2) is 38.5 Å². The molecule has 1 unspecified atom stereocenters. The first-order valence-electron chi connectivity index (χ1n) is 8.73. The Morgan fingerprint density at radius 1 is 1.24 bits per heavy atom. The van der Waals surface area contributed by atoms with Crippen molar-refractivity contribution < 1.29 is 8.42 Å². The van der Waals surface area contributed by atoms with Gasteiger partial charge in [0.05, 0.1) is 18.1 Å². The van der Waals surface area contributed by atoms with Gasteiger partial charge >= 0.3 is 0 Å². The van der Waals surface area contributed by atoms with Crippen molar-refractivity contribution in [3.63, 3.8) is 0 Å². The number of rotatable bonds is 5. The summed E-state index contributed by atoms with van der Waals surface area (Å²) in [6, 6.07) is 6.94. The fourth-order valence-corrected chi connectivity index (χ4v) is 4.90. The van der Waals surface area contributed by atoms with Gasteiger partial charge in [-0.15, -0.1) is 24.0 Å². The van der Waals surface area contributed by atoms with Gasteiger partial charge in [0.25, 0.3) is 0 Å². The number of nitrogens with one attached hydrogen (secondary N) is 2. The molecule has 1 aliphatic heterocycles. The molecule has 0 aromatic heterocycles. The summed E-state index contributed by atoms with van der Waals surface area (Å²) in [6.45, 7) is 5.52. The average Bonchev–Trinajstić information content (AvgIpc) is 3.26. The van der Waals surface area contributed by atoms with Gasteiger partial charge in [0.1, 0.15) is 0 Å². The lowest BCUT2D eigenvalue weighted by Crippen LogP contribution is -2.41. The quantitative estimate of drug-likeness (QED) is 0.389. The van der Waals surface area contributed by atoms with Crippen LogP contribution in [-0.2, 0) is 16.4 Å². The topological polar surface area (TPSA) is 70.6 Å². The molecule has 140 valence electrons. The fourth-order valence-electron chi connectivity index (χ4n) is 3.04. The number of aryl methyl sites for hydroxylation is 2. The lowest BCUT2D eigenvalue weighted by atomic mass is 10.1. The van der Waals surface area contributed by atoms with E-state index in [-0.39, 0.29) is 29.9 Å². The van der Waals surface area contributed by atoms with Crippen LogP contribution in [0.4, 0.5) is 0 Å². The first kappa shape index (κ1) is 20.5. The molecule has 2 aliphatic rings. The number of guanidine groups is 1. The van der Waals surface area contributed by atoms with E-state index in [0.717, 1.165) is 12.4 Å². The minimum absolute atomic E-state index is 0. The van der Waals surface area contributed by atoms with E-state index in [1.54, 1.807) is 0 Å². The molecule has 1 saturated heterocycles. The van der Waals surface area contributed by atoms with E-state index in [1.165, 1.54) is 29.5 Å². The van der Waals surface area contributed by atoms with E-state index in [9.17, 15) is 8.42 Å². The SMILES string of the molecule is Cc1ccc(CN=C(NCC2CCS(=O)(=O)C2)NC2CC2)c(C)c1.I. The maximum Gasteiger partial charge on any atom is 0.191 e. The zero-order valence-corrected chi connectivity index (χ0v) is 18.1. The summed E-state index contributed by atoms with van der Waals surface area (Å²) in [5.74, 6) is 1.63. The maximum atomic E-state index is 11.6. The molecule has 1 aromatic carbocycles. The van der Waals surface area contributed by atoms with Crippen molar-refractivity contribution in [3.8, 4) is 0 Å². The molecule has 5 nitrogen and oxygen atoms in total. The van der Waals surface area contributed by atoms with Gasteiger partial charge in [-0.25, -0.2) is 13.4 Å². The highest BCUT2D eigenvalue weighted by Crippen LogP contribution is 2.20. The standard InChI is InChI=1S/C18H27N3O2S.HI/c1-13-3-4-16(14(2)9-13)11-20-18(21-17-5-6-17)19-10-15-7-8-24(22,23)12-15;/h3-4,9,15,17H,5-8,10-12H2,1-2H3,(H2,19,20,21);1H. The van der Waals surface area contributed by atoms with E-state index in [1.807, 2.05) is 0 Å². The monoisotopic (exact) mass is 477 g/mol. The highest BCUT2D eigenvalue weighted by molar-refractivity contribution is 14.0. The number of halogens is 1. The number of hydrogen-bond donors (Lipinski definition) is 2. The van der Waals surface area contributed by atoms with Crippen molar-refractivity contribution in [1.29, 1.82) is 0 Å². The molecule has 2 N–H and O–H groups in total. The Kier molecular flexibility index (Phi) is 7.13. The predicted molar refractivity (Wildman–Crippen MR) is 113 cm³/mol. The van der Waals surface area contributed by atoms with E-state index in [0.29, 0.717) is 30.6 Å². The Labute approximate surface area is 168 Å². The summed E-state index contributed by atoms with van der Waals surface area (Å²) in [5, 5.41) is 6.77. The molecule has 0 bridgehead atoms. The van der Waals surface area contributed by atoms with Crippen molar-refractivity contribution in [2.45, 2.75) is 45.7 Å². The second-order valence-corrected chi connectivity index (χ2v) is 9.39. The van der Waals surface area contributed by atoms with Crippen LogP contribution in [0.5, 0.6) is 0 Å². The third-order valence-corrected chi connectivity index (χ3v) is 6.55. The van der Waals surface area contributed by atoms with Gasteiger partial charge < -0.3 is 10.6 Å². The molecule has 2 fully saturated rings. The van der Waals surface area contributed by atoms with Crippen molar-refractivity contribution in [2.24, 2.45) is 10.9 Å². The normalized spacial score (nSPS) is 22.3. The van der Waals surface area contributed by atoms with E-state index in [4.69, 9.17) is 4.99 Å². The van der Waals surface area contributed by atoms with Crippen molar-refractivity contribution >= 4 is 39.8 Å². The first-order valence-corrected chi connectivity index (χ1v) is 10.5. The highest BCUT2D eigenvalue weighted by Gasteiger charge is 2.28. The molecule has 1 atom stereocenters. The summed E-state index contributed by atoms with van der Waals surface area (Å²) in [7, 11) is -2.82.